The fourth-order valence-electron chi connectivity index (χ4n) is 1.13. The maximum Gasteiger partial charge on any atom is 0.146 e. The molecule has 0 fully saturated rings. The molecular formula is C9H14BrN3S. The van der Waals surface area contributed by atoms with Gasteiger partial charge in [0.15, 0.2) is 0 Å². The topological polar surface area (TPSA) is 29.0 Å². The van der Waals surface area contributed by atoms with Crippen LogP contribution in [0.5, 0.6) is 0 Å². The first-order valence-electron chi connectivity index (χ1n) is 4.34. The lowest BCUT2D eigenvalue weighted by atomic mass is 10.3. The van der Waals surface area contributed by atoms with Crippen LogP contribution in [0.2, 0.25) is 0 Å². The van der Waals surface area contributed by atoms with Gasteiger partial charge in [0.05, 0.1) is 4.47 Å². The van der Waals surface area contributed by atoms with Crippen molar-refractivity contribution < 1.29 is 0 Å². The van der Waals surface area contributed by atoms with E-state index in [-0.39, 0.29) is 0 Å². The summed E-state index contributed by atoms with van der Waals surface area (Å²) in [6.45, 7) is 2.19. The van der Waals surface area contributed by atoms with Gasteiger partial charge in [0, 0.05) is 25.0 Å². The van der Waals surface area contributed by atoms with Crippen molar-refractivity contribution in [3.63, 3.8) is 0 Å². The van der Waals surface area contributed by atoms with E-state index in [1.807, 2.05) is 18.8 Å². The molecule has 0 aliphatic carbocycles. The molecule has 0 spiro atoms. The van der Waals surface area contributed by atoms with Crippen LogP contribution in [0.4, 0.5) is 5.82 Å². The van der Waals surface area contributed by atoms with Crippen molar-refractivity contribution in [2.75, 3.05) is 24.0 Å². The molecule has 0 aliphatic rings. The normalized spacial score (nSPS) is 12.6. The number of hydrogen-bond donors (Lipinski definition) is 0. The minimum absolute atomic E-state index is 0.469. The summed E-state index contributed by atoms with van der Waals surface area (Å²) in [6.07, 6.45) is 5.45. The minimum atomic E-state index is 0.469. The highest BCUT2D eigenvalue weighted by molar-refractivity contribution is 9.10. The van der Waals surface area contributed by atoms with Gasteiger partial charge in [-0.2, -0.15) is 11.8 Å². The van der Waals surface area contributed by atoms with E-state index in [0.29, 0.717) is 6.04 Å². The van der Waals surface area contributed by atoms with E-state index in [0.717, 1.165) is 16.0 Å². The van der Waals surface area contributed by atoms with Gasteiger partial charge < -0.3 is 4.90 Å². The molecule has 1 aromatic rings. The predicted octanol–water partition coefficient (Wildman–Crippen LogP) is 2.43. The Bertz CT molecular complexity index is 295. The third-order valence-electron chi connectivity index (χ3n) is 2.05. The van der Waals surface area contributed by atoms with E-state index in [4.69, 9.17) is 0 Å². The molecule has 1 atom stereocenters. The lowest BCUT2D eigenvalue weighted by Gasteiger charge is -2.25. The first kappa shape index (κ1) is 11.8. The smallest absolute Gasteiger partial charge is 0.146 e. The Balaban J connectivity index is 2.78. The molecule has 1 rings (SSSR count). The van der Waals surface area contributed by atoms with Gasteiger partial charge in [-0.05, 0) is 29.1 Å². The molecule has 0 radical (unpaired) electrons. The third kappa shape index (κ3) is 2.85. The number of hydrogen-bond acceptors (Lipinski definition) is 4. The van der Waals surface area contributed by atoms with Crippen LogP contribution >= 0.6 is 27.7 Å². The third-order valence-corrected chi connectivity index (χ3v) is 3.43. The summed E-state index contributed by atoms with van der Waals surface area (Å²) in [6, 6.07) is 0.469. The Hall–Kier alpha value is -0.290. The molecule has 5 heteroatoms. The van der Waals surface area contributed by atoms with Gasteiger partial charge >= 0.3 is 0 Å². The van der Waals surface area contributed by atoms with E-state index in [1.54, 1.807) is 12.5 Å². The summed E-state index contributed by atoms with van der Waals surface area (Å²) >= 11 is 5.28. The van der Waals surface area contributed by atoms with Crippen LogP contribution in [0.15, 0.2) is 17.0 Å². The van der Waals surface area contributed by atoms with Crippen LogP contribution in [0.1, 0.15) is 6.92 Å². The first-order chi connectivity index (χ1) is 6.66. The van der Waals surface area contributed by atoms with E-state index >= 15 is 0 Å². The van der Waals surface area contributed by atoms with Gasteiger partial charge in [0.2, 0.25) is 0 Å². The molecule has 1 aromatic heterocycles. The highest BCUT2D eigenvalue weighted by atomic mass is 79.9. The molecule has 0 aliphatic heterocycles. The second-order valence-electron chi connectivity index (χ2n) is 3.11. The van der Waals surface area contributed by atoms with Crippen LogP contribution in [0, 0.1) is 0 Å². The van der Waals surface area contributed by atoms with Crippen LogP contribution in [-0.2, 0) is 0 Å². The highest BCUT2D eigenvalue weighted by Crippen LogP contribution is 2.22. The molecule has 14 heavy (non-hydrogen) atoms. The van der Waals surface area contributed by atoms with Crippen molar-refractivity contribution >= 4 is 33.5 Å². The second-order valence-corrected chi connectivity index (χ2v) is 4.87. The van der Waals surface area contributed by atoms with Crippen molar-refractivity contribution in [3.05, 3.63) is 17.0 Å². The summed E-state index contributed by atoms with van der Waals surface area (Å²) in [5.74, 6) is 2.04. The SMILES string of the molecule is CSCC(C)N(C)c1ncncc1Br. The van der Waals surface area contributed by atoms with Crippen LogP contribution in [0.3, 0.4) is 0 Å². The molecule has 0 aromatic carbocycles. The number of halogens is 1. The largest absolute Gasteiger partial charge is 0.355 e. The summed E-state index contributed by atoms with van der Waals surface area (Å²) in [5, 5.41) is 0. The Morgan fingerprint density at radius 1 is 1.64 bits per heavy atom. The fourth-order valence-corrected chi connectivity index (χ4v) is 2.33. The zero-order chi connectivity index (χ0) is 10.6. The minimum Gasteiger partial charge on any atom is -0.355 e. The van der Waals surface area contributed by atoms with Crippen LogP contribution in [0.25, 0.3) is 0 Å². The molecule has 1 heterocycles. The van der Waals surface area contributed by atoms with Crippen LogP contribution < -0.4 is 4.90 Å². The van der Waals surface area contributed by atoms with Gasteiger partial charge in [-0.1, -0.05) is 0 Å². The Labute approximate surface area is 97.4 Å². The average Bonchev–Trinajstić information content (AvgIpc) is 2.18. The second kappa shape index (κ2) is 5.56. The molecule has 0 saturated heterocycles. The number of thioether (sulfide) groups is 1. The predicted molar refractivity (Wildman–Crippen MR) is 66.0 cm³/mol. The summed E-state index contributed by atoms with van der Waals surface area (Å²) < 4.78 is 0.940. The quantitative estimate of drug-likeness (QED) is 0.844. The number of anilines is 1. The molecular weight excluding hydrogens is 262 g/mol. The molecule has 0 saturated carbocycles. The molecule has 0 N–H and O–H groups in total. The standard InChI is InChI=1S/C9H14BrN3S/c1-7(5-14-3)13(2)9-8(10)4-11-6-12-9/h4,6-7H,5H2,1-3H3. The number of nitrogens with zero attached hydrogens (tertiary/aromatic N) is 3. The van der Waals surface area contributed by atoms with Crippen molar-refractivity contribution in [2.24, 2.45) is 0 Å². The van der Waals surface area contributed by atoms with Crippen molar-refractivity contribution in [1.82, 2.24) is 9.97 Å². The van der Waals surface area contributed by atoms with Gasteiger partial charge in [0.1, 0.15) is 12.1 Å². The molecule has 3 nitrogen and oxygen atoms in total. The number of rotatable bonds is 4. The Kier molecular flexibility index (Phi) is 4.68. The van der Waals surface area contributed by atoms with E-state index in [9.17, 15) is 0 Å². The van der Waals surface area contributed by atoms with Gasteiger partial charge in [0.25, 0.3) is 0 Å². The van der Waals surface area contributed by atoms with E-state index in [2.05, 4.69) is 44.0 Å². The first-order valence-corrected chi connectivity index (χ1v) is 6.52. The highest BCUT2D eigenvalue weighted by Gasteiger charge is 2.12. The average molecular weight is 276 g/mol. The van der Waals surface area contributed by atoms with Crippen molar-refractivity contribution in [3.8, 4) is 0 Å². The summed E-state index contributed by atoms with van der Waals surface area (Å²) in [4.78, 5) is 10.3. The fraction of sp³-hybridized carbons (Fsp3) is 0.556. The van der Waals surface area contributed by atoms with E-state index in [1.165, 1.54) is 0 Å². The van der Waals surface area contributed by atoms with Gasteiger partial charge in [-0.3, -0.25) is 0 Å². The van der Waals surface area contributed by atoms with Crippen LogP contribution in [-0.4, -0.2) is 35.1 Å². The molecule has 78 valence electrons. The molecule has 0 amide bonds. The summed E-state index contributed by atoms with van der Waals surface area (Å²) in [5.41, 5.74) is 0. The van der Waals surface area contributed by atoms with Crippen molar-refractivity contribution in [1.29, 1.82) is 0 Å². The summed E-state index contributed by atoms with van der Waals surface area (Å²) in [7, 11) is 2.05. The molecule has 0 bridgehead atoms. The monoisotopic (exact) mass is 275 g/mol. The maximum atomic E-state index is 4.24. The lowest BCUT2D eigenvalue weighted by Crippen LogP contribution is -2.31. The zero-order valence-corrected chi connectivity index (χ0v) is 11.0. The lowest BCUT2D eigenvalue weighted by molar-refractivity contribution is 0.749. The molecule has 1 unspecified atom stereocenters. The number of aromatic nitrogens is 2. The van der Waals surface area contributed by atoms with Gasteiger partial charge in [-0.15, -0.1) is 0 Å². The van der Waals surface area contributed by atoms with Gasteiger partial charge in [-0.25, -0.2) is 9.97 Å². The maximum absolute atomic E-state index is 4.24. The van der Waals surface area contributed by atoms with Crippen molar-refractivity contribution in [2.45, 2.75) is 13.0 Å². The zero-order valence-electron chi connectivity index (χ0n) is 8.57. The Morgan fingerprint density at radius 2 is 2.36 bits per heavy atom. The van der Waals surface area contributed by atoms with E-state index < -0.39 is 0 Å². The Morgan fingerprint density at radius 3 is 2.93 bits per heavy atom.